The highest BCUT2D eigenvalue weighted by Gasteiger charge is 2.26. The van der Waals surface area contributed by atoms with Crippen LogP contribution in [0.15, 0.2) is 41.5 Å². The molecule has 3 rings (SSSR count). The summed E-state index contributed by atoms with van der Waals surface area (Å²) in [6.07, 6.45) is 1.91. The number of hydrogen-bond acceptors (Lipinski definition) is 4. The molecule has 9 heteroatoms. The van der Waals surface area contributed by atoms with Crippen molar-refractivity contribution in [3.63, 3.8) is 0 Å². The van der Waals surface area contributed by atoms with Gasteiger partial charge in [0.2, 0.25) is 0 Å². The molecule has 1 saturated heterocycles. The van der Waals surface area contributed by atoms with Crippen LogP contribution in [0.4, 0.5) is 0 Å². The number of benzene rings is 1. The maximum absolute atomic E-state index is 12.8. The van der Waals surface area contributed by atoms with E-state index in [9.17, 15) is 4.79 Å². The zero-order valence-corrected chi connectivity index (χ0v) is 21.0. The molecule has 1 fully saturated rings. The number of nitrogens with one attached hydrogen (secondary N) is 2. The second-order valence-corrected chi connectivity index (χ2v) is 7.66. The Morgan fingerprint density at radius 2 is 1.84 bits per heavy atom. The number of aliphatic imine (C=N–C) groups is 1. The smallest absolute Gasteiger partial charge is 0.254 e. The number of carbonyl (C=O) groups excluding carboxylic acids is 1. The van der Waals surface area contributed by atoms with Gasteiger partial charge in [-0.15, -0.1) is 24.0 Å². The molecule has 0 spiro atoms. The molecule has 1 aliphatic heterocycles. The van der Waals surface area contributed by atoms with E-state index in [1.807, 2.05) is 67.7 Å². The fourth-order valence-electron chi connectivity index (χ4n) is 3.54. The lowest BCUT2D eigenvalue weighted by Crippen LogP contribution is -2.48. The van der Waals surface area contributed by atoms with Gasteiger partial charge in [0.15, 0.2) is 5.96 Å². The number of carbonyl (C=O) groups is 1. The summed E-state index contributed by atoms with van der Waals surface area (Å²) in [5.74, 6) is 0.799. The van der Waals surface area contributed by atoms with E-state index in [1.54, 1.807) is 6.20 Å². The Kier molecular flexibility index (Phi) is 9.76. The Hall–Kier alpha value is -2.14. The average Bonchev–Trinajstić information content (AvgIpc) is 3.14. The predicted molar refractivity (Wildman–Crippen MR) is 133 cm³/mol. The Morgan fingerprint density at radius 3 is 2.42 bits per heavy atom. The highest BCUT2D eigenvalue weighted by atomic mass is 127. The van der Waals surface area contributed by atoms with Gasteiger partial charge in [0.05, 0.1) is 31.0 Å². The summed E-state index contributed by atoms with van der Waals surface area (Å²) in [5, 5.41) is 10.7. The van der Waals surface area contributed by atoms with E-state index < -0.39 is 0 Å². The third kappa shape index (κ3) is 7.20. The minimum Gasteiger partial charge on any atom is -0.372 e. The van der Waals surface area contributed by atoms with Gasteiger partial charge in [-0.25, -0.2) is 4.99 Å². The minimum absolute atomic E-state index is 0. The Morgan fingerprint density at radius 1 is 1.16 bits per heavy atom. The fraction of sp³-hybridized carbons (Fsp3) is 0.500. The third-order valence-electron chi connectivity index (χ3n) is 5.03. The van der Waals surface area contributed by atoms with Gasteiger partial charge in [0, 0.05) is 38.4 Å². The van der Waals surface area contributed by atoms with Crippen LogP contribution in [0.5, 0.6) is 0 Å². The van der Waals surface area contributed by atoms with Crippen molar-refractivity contribution < 1.29 is 9.53 Å². The van der Waals surface area contributed by atoms with Crippen molar-refractivity contribution in [3.05, 3.63) is 53.3 Å². The summed E-state index contributed by atoms with van der Waals surface area (Å²) in [6.45, 7) is 9.25. The Bertz CT molecular complexity index is 857. The minimum atomic E-state index is 0. The number of amides is 1. The lowest BCUT2D eigenvalue weighted by atomic mass is 10.1. The number of aryl methyl sites for hydroxylation is 1. The molecule has 0 radical (unpaired) electrons. The zero-order chi connectivity index (χ0) is 21.5. The Labute approximate surface area is 201 Å². The van der Waals surface area contributed by atoms with Crippen LogP contribution in [0.2, 0.25) is 0 Å². The first kappa shape index (κ1) is 25.1. The molecule has 0 saturated carbocycles. The van der Waals surface area contributed by atoms with Crippen LogP contribution in [0, 0.1) is 0 Å². The van der Waals surface area contributed by atoms with Crippen LogP contribution in [0.1, 0.15) is 42.4 Å². The predicted octanol–water partition coefficient (Wildman–Crippen LogP) is 2.54. The van der Waals surface area contributed by atoms with Crippen LogP contribution in [0.25, 0.3) is 0 Å². The first-order valence-electron chi connectivity index (χ1n) is 10.5. The van der Waals surface area contributed by atoms with Gasteiger partial charge in [-0.05, 0) is 44.5 Å². The SMILES string of the molecule is CCNC(=NCc1ccc(C(=O)N2CC(C)OC(C)C2)cc1)NCc1ccnn1C.I. The molecule has 2 atom stereocenters. The molecule has 1 aromatic carbocycles. The van der Waals surface area contributed by atoms with Crippen molar-refractivity contribution in [1.29, 1.82) is 0 Å². The van der Waals surface area contributed by atoms with Gasteiger partial charge in [0.1, 0.15) is 0 Å². The second-order valence-electron chi connectivity index (χ2n) is 7.66. The lowest BCUT2D eigenvalue weighted by Gasteiger charge is -2.35. The van der Waals surface area contributed by atoms with E-state index in [0.29, 0.717) is 31.7 Å². The molecule has 2 unspecified atom stereocenters. The number of halogens is 1. The van der Waals surface area contributed by atoms with E-state index in [4.69, 9.17) is 4.74 Å². The topological polar surface area (TPSA) is 83.8 Å². The number of guanidine groups is 1. The van der Waals surface area contributed by atoms with Gasteiger partial charge >= 0.3 is 0 Å². The van der Waals surface area contributed by atoms with E-state index >= 15 is 0 Å². The summed E-state index contributed by atoms with van der Waals surface area (Å²) in [4.78, 5) is 19.3. The largest absolute Gasteiger partial charge is 0.372 e. The van der Waals surface area contributed by atoms with Gasteiger partial charge in [-0.3, -0.25) is 9.48 Å². The van der Waals surface area contributed by atoms with Crippen molar-refractivity contribution in [2.45, 2.75) is 46.1 Å². The quantitative estimate of drug-likeness (QED) is 0.335. The standard InChI is InChI=1S/C22H32N6O2.HI/c1-5-23-22(25-13-20-10-11-26-27(20)4)24-12-18-6-8-19(9-7-18)21(29)28-14-16(2)30-17(3)15-28;/h6-11,16-17H,5,12-15H2,1-4H3,(H2,23,24,25);1H. The molecule has 31 heavy (non-hydrogen) atoms. The molecule has 1 amide bonds. The van der Waals surface area contributed by atoms with Crippen molar-refractivity contribution in [2.24, 2.45) is 12.0 Å². The monoisotopic (exact) mass is 540 g/mol. The summed E-state index contributed by atoms with van der Waals surface area (Å²) in [5.41, 5.74) is 2.83. The van der Waals surface area contributed by atoms with Crippen LogP contribution >= 0.6 is 24.0 Å². The molecule has 170 valence electrons. The number of aromatic nitrogens is 2. The Balaban J connectivity index is 0.00000341. The normalized spacial score (nSPS) is 19.0. The summed E-state index contributed by atoms with van der Waals surface area (Å²) < 4.78 is 7.56. The molecule has 2 N–H and O–H groups in total. The summed E-state index contributed by atoms with van der Waals surface area (Å²) in [6, 6.07) is 9.67. The number of rotatable bonds is 6. The highest BCUT2D eigenvalue weighted by molar-refractivity contribution is 14.0. The second kappa shape index (κ2) is 12.0. The molecule has 2 aromatic rings. The van der Waals surface area contributed by atoms with Crippen LogP contribution in [0.3, 0.4) is 0 Å². The number of hydrogen-bond donors (Lipinski definition) is 2. The average molecular weight is 540 g/mol. The molecule has 0 aliphatic carbocycles. The van der Waals surface area contributed by atoms with Crippen molar-refractivity contribution in [3.8, 4) is 0 Å². The van der Waals surface area contributed by atoms with Gasteiger partial charge in [0.25, 0.3) is 5.91 Å². The number of morpholine rings is 1. The lowest BCUT2D eigenvalue weighted by molar-refractivity contribution is -0.0586. The maximum Gasteiger partial charge on any atom is 0.254 e. The van der Waals surface area contributed by atoms with E-state index in [1.165, 1.54) is 0 Å². The van der Waals surface area contributed by atoms with E-state index in [0.717, 1.165) is 23.8 Å². The molecule has 1 aromatic heterocycles. The van der Waals surface area contributed by atoms with Gasteiger partial charge < -0.3 is 20.3 Å². The van der Waals surface area contributed by atoms with Crippen molar-refractivity contribution in [1.82, 2.24) is 25.3 Å². The molecule has 1 aliphatic rings. The zero-order valence-electron chi connectivity index (χ0n) is 18.7. The molecule has 8 nitrogen and oxygen atoms in total. The van der Waals surface area contributed by atoms with Crippen molar-refractivity contribution >= 4 is 35.8 Å². The first-order valence-corrected chi connectivity index (χ1v) is 10.5. The van der Waals surface area contributed by atoms with Crippen LogP contribution in [-0.4, -0.2) is 58.4 Å². The molecule has 0 bridgehead atoms. The van der Waals surface area contributed by atoms with Crippen molar-refractivity contribution in [2.75, 3.05) is 19.6 Å². The molecular weight excluding hydrogens is 507 g/mol. The first-order chi connectivity index (χ1) is 14.5. The molecule has 2 heterocycles. The van der Waals surface area contributed by atoms with Gasteiger partial charge in [-0.1, -0.05) is 12.1 Å². The fourth-order valence-corrected chi connectivity index (χ4v) is 3.54. The van der Waals surface area contributed by atoms with E-state index in [-0.39, 0.29) is 42.1 Å². The molecular formula is C22H33IN6O2. The third-order valence-corrected chi connectivity index (χ3v) is 5.03. The summed E-state index contributed by atoms with van der Waals surface area (Å²) in [7, 11) is 1.92. The highest BCUT2D eigenvalue weighted by Crippen LogP contribution is 2.15. The van der Waals surface area contributed by atoms with Crippen LogP contribution in [-0.2, 0) is 24.9 Å². The van der Waals surface area contributed by atoms with Crippen LogP contribution < -0.4 is 10.6 Å². The number of ether oxygens (including phenoxy) is 1. The van der Waals surface area contributed by atoms with E-state index in [2.05, 4.69) is 20.7 Å². The summed E-state index contributed by atoms with van der Waals surface area (Å²) >= 11 is 0. The maximum atomic E-state index is 12.8. The van der Waals surface area contributed by atoms with Gasteiger partial charge in [-0.2, -0.15) is 5.10 Å². The number of nitrogens with zero attached hydrogens (tertiary/aromatic N) is 4.